The van der Waals surface area contributed by atoms with Crippen LogP contribution < -0.4 is 11.1 Å². The van der Waals surface area contributed by atoms with E-state index < -0.39 is 5.41 Å². The number of hydrogen-bond donors (Lipinski definition) is 2. The molecular formula is C11H22N2O2S. The molecule has 16 heavy (non-hydrogen) atoms. The normalized spacial score (nSPS) is 31.4. The van der Waals surface area contributed by atoms with Crippen molar-refractivity contribution in [3.63, 3.8) is 0 Å². The lowest BCUT2D eigenvalue weighted by molar-refractivity contribution is -0.130. The maximum atomic E-state index is 12.0. The molecule has 3 N–H and O–H groups in total. The molecule has 0 saturated carbocycles. The molecule has 0 bridgehead atoms. The number of ether oxygens (including phenoxy) is 1. The third-order valence-electron chi connectivity index (χ3n) is 3.28. The van der Waals surface area contributed by atoms with Crippen LogP contribution in [0.3, 0.4) is 0 Å². The Balaban J connectivity index is 2.35. The van der Waals surface area contributed by atoms with Crippen LogP contribution in [0.4, 0.5) is 0 Å². The van der Waals surface area contributed by atoms with E-state index in [1.807, 2.05) is 18.7 Å². The molecule has 0 aliphatic carbocycles. The standard InChI is InChI=1S/C11H22N2O2S/c1-8(16-3)4-5-13-10(14)11(2)7-15-6-9(11)12/h8-9H,4-7,12H2,1-3H3,(H,13,14). The Morgan fingerprint density at radius 1 is 1.75 bits per heavy atom. The molecule has 1 rings (SSSR count). The van der Waals surface area contributed by atoms with Crippen molar-refractivity contribution in [3.05, 3.63) is 0 Å². The molecule has 0 aromatic carbocycles. The molecule has 5 heteroatoms. The van der Waals surface area contributed by atoms with Crippen LogP contribution in [-0.2, 0) is 9.53 Å². The first-order valence-corrected chi connectivity index (χ1v) is 6.94. The van der Waals surface area contributed by atoms with Gasteiger partial charge in [-0.1, -0.05) is 6.92 Å². The Labute approximate surface area is 102 Å². The predicted molar refractivity (Wildman–Crippen MR) is 67.5 cm³/mol. The highest BCUT2D eigenvalue weighted by Gasteiger charge is 2.44. The lowest BCUT2D eigenvalue weighted by Crippen LogP contribution is -2.50. The molecule has 0 aromatic heterocycles. The summed E-state index contributed by atoms with van der Waals surface area (Å²) in [6.45, 7) is 5.65. The van der Waals surface area contributed by atoms with E-state index in [-0.39, 0.29) is 11.9 Å². The van der Waals surface area contributed by atoms with E-state index in [9.17, 15) is 4.79 Å². The highest BCUT2D eigenvalue weighted by atomic mass is 32.2. The zero-order chi connectivity index (χ0) is 12.2. The van der Waals surface area contributed by atoms with Gasteiger partial charge in [-0.05, 0) is 19.6 Å². The average molecular weight is 246 g/mol. The lowest BCUT2D eigenvalue weighted by atomic mass is 9.85. The van der Waals surface area contributed by atoms with Crippen LogP contribution in [0.15, 0.2) is 0 Å². The van der Waals surface area contributed by atoms with Crippen molar-refractivity contribution in [2.75, 3.05) is 26.0 Å². The summed E-state index contributed by atoms with van der Waals surface area (Å²) in [5.41, 5.74) is 5.33. The van der Waals surface area contributed by atoms with Crippen LogP contribution in [0.25, 0.3) is 0 Å². The van der Waals surface area contributed by atoms with Crippen molar-refractivity contribution in [2.24, 2.45) is 11.1 Å². The van der Waals surface area contributed by atoms with E-state index in [2.05, 4.69) is 18.5 Å². The summed E-state index contributed by atoms with van der Waals surface area (Å²) in [6, 6.07) is -0.189. The Bertz CT molecular complexity index is 250. The first-order chi connectivity index (χ1) is 7.50. The summed E-state index contributed by atoms with van der Waals surface area (Å²) < 4.78 is 5.25. The van der Waals surface area contributed by atoms with Gasteiger partial charge >= 0.3 is 0 Å². The van der Waals surface area contributed by atoms with Gasteiger partial charge in [-0.25, -0.2) is 0 Å². The Morgan fingerprint density at radius 2 is 2.44 bits per heavy atom. The number of nitrogens with one attached hydrogen (secondary N) is 1. The van der Waals surface area contributed by atoms with Crippen LogP contribution in [-0.4, -0.2) is 43.2 Å². The van der Waals surface area contributed by atoms with E-state index in [0.717, 1.165) is 6.42 Å². The second-order valence-electron chi connectivity index (χ2n) is 4.63. The maximum Gasteiger partial charge on any atom is 0.229 e. The van der Waals surface area contributed by atoms with Crippen molar-refractivity contribution in [2.45, 2.75) is 31.6 Å². The molecule has 0 radical (unpaired) electrons. The number of nitrogens with two attached hydrogens (primary N) is 1. The number of amides is 1. The van der Waals surface area contributed by atoms with Gasteiger partial charge in [0.05, 0.1) is 18.6 Å². The summed E-state index contributed by atoms with van der Waals surface area (Å²) in [7, 11) is 0. The first kappa shape index (κ1) is 13.8. The third-order valence-corrected chi connectivity index (χ3v) is 4.32. The fourth-order valence-corrected chi connectivity index (χ4v) is 1.99. The van der Waals surface area contributed by atoms with Gasteiger partial charge in [-0.3, -0.25) is 4.79 Å². The molecule has 0 aromatic rings. The average Bonchev–Trinajstić information content (AvgIpc) is 2.60. The molecule has 1 heterocycles. The summed E-state index contributed by atoms with van der Waals surface area (Å²) >= 11 is 1.81. The Morgan fingerprint density at radius 3 is 2.94 bits per heavy atom. The fourth-order valence-electron chi connectivity index (χ4n) is 1.63. The lowest BCUT2D eigenvalue weighted by Gasteiger charge is -2.25. The number of rotatable bonds is 5. The van der Waals surface area contributed by atoms with Crippen molar-refractivity contribution in [3.8, 4) is 0 Å². The maximum absolute atomic E-state index is 12.0. The van der Waals surface area contributed by atoms with E-state index in [1.54, 1.807) is 0 Å². The topological polar surface area (TPSA) is 64.3 Å². The van der Waals surface area contributed by atoms with Crippen LogP contribution in [0.2, 0.25) is 0 Å². The third kappa shape index (κ3) is 3.12. The van der Waals surface area contributed by atoms with Crippen molar-refractivity contribution in [1.29, 1.82) is 0 Å². The van der Waals surface area contributed by atoms with Gasteiger partial charge in [-0.15, -0.1) is 0 Å². The van der Waals surface area contributed by atoms with Gasteiger partial charge in [0.1, 0.15) is 0 Å². The second-order valence-corrected chi connectivity index (χ2v) is 5.91. The van der Waals surface area contributed by atoms with Gasteiger partial charge in [0.15, 0.2) is 0 Å². The molecular weight excluding hydrogens is 224 g/mol. The highest BCUT2D eigenvalue weighted by Crippen LogP contribution is 2.27. The molecule has 1 amide bonds. The molecule has 94 valence electrons. The Hall–Kier alpha value is -0.260. The molecule has 1 saturated heterocycles. The highest BCUT2D eigenvalue weighted by molar-refractivity contribution is 7.99. The van der Waals surface area contributed by atoms with Crippen molar-refractivity contribution < 1.29 is 9.53 Å². The number of thioether (sulfide) groups is 1. The minimum absolute atomic E-state index is 0.0193. The zero-order valence-corrected chi connectivity index (χ0v) is 11.1. The van der Waals surface area contributed by atoms with Gasteiger partial charge in [0, 0.05) is 17.8 Å². The van der Waals surface area contributed by atoms with Crippen LogP contribution in [0, 0.1) is 5.41 Å². The van der Waals surface area contributed by atoms with E-state index in [4.69, 9.17) is 10.5 Å². The first-order valence-electron chi connectivity index (χ1n) is 5.65. The monoisotopic (exact) mass is 246 g/mol. The fraction of sp³-hybridized carbons (Fsp3) is 0.909. The zero-order valence-electron chi connectivity index (χ0n) is 10.3. The molecule has 4 nitrogen and oxygen atoms in total. The van der Waals surface area contributed by atoms with Gasteiger partial charge < -0.3 is 15.8 Å². The molecule has 0 spiro atoms. The molecule has 3 atom stereocenters. The van der Waals surface area contributed by atoms with E-state index in [0.29, 0.717) is 25.0 Å². The van der Waals surface area contributed by atoms with Gasteiger partial charge in [0.2, 0.25) is 5.91 Å². The van der Waals surface area contributed by atoms with Crippen LogP contribution >= 0.6 is 11.8 Å². The number of hydrogen-bond acceptors (Lipinski definition) is 4. The van der Waals surface area contributed by atoms with E-state index >= 15 is 0 Å². The minimum Gasteiger partial charge on any atom is -0.379 e. The molecule has 1 aliphatic rings. The number of carbonyl (C=O) groups is 1. The quantitative estimate of drug-likeness (QED) is 0.746. The molecule has 3 unspecified atom stereocenters. The summed E-state index contributed by atoms with van der Waals surface area (Å²) in [4.78, 5) is 12.0. The summed E-state index contributed by atoms with van der Waals surface area (Å²) in [5.74, 6) is 0.0193. The second kappa shape index (κ2) is 5.89. The summed E-state index contributed by atoms with van der Waals surface area (Å²) in [6.07, 6.45) is 3.06. The van der Waals surface area contributed by atoms with Crippen LogP contribution in [0.5, 0.6) is 0 Å². The summed E-state index contributed by atoms with van der Waals surface area (Å²) in [5, 5.41) is 3.52. The molecule has 1 aliphatic heterocycles. The van der Waals surface area contributed by atoms with Gasteiger partial charge in [-0.2, -0.15) is 11.8 Å². The van der Waals surface area contributed by atoms with E-state index in [1.165, 1.54) is 0 Å². The predicted octanol–water partition coefficient (Wildman–Crippen LogP) is 0.608. The minimum atomic E-state index is -0.553. The Kier molecular flexibility index (Phi) is 5.08. The largest absolute Gasteiger partial charge is 0.379 e. The SMILES string of the molecule is CSC(C)CCNC(=O)C1(C)COCC1N. The smallest absolute Gasteiger partial charge is 0.229 e. The van der Waals surface area contributed by atoms with Crippen molar-refractivity contribution in [1.82, 2.24) is 5.32 Å². The number of carbonyl (C=O) groups excluding carboxylic acids is 1. The molecule has 1 fully saturated rings. The van der Waals surface area contributed by atoms with Crippen LogP contribution in [0.1, 0.15) is 20.3 Å². The van der Waals surface area contributed by atoms with Gasteiger partial charge in [0.25, 0.3) is 0 Å². The van der Waals surface area contributed by atoms with Crippen molar-refractivity contribution >= 4 is 17.7 Å².